The smallest absolute Gasteiger partial charge is 0.237 e. The van der Waals surface area contributed by atoms with Crippen LogP contribution in [0.5, 0.6) is 11.5 Å². The van der Waals surface area contributed by atoms with Crippen molar-refractivity contribution in [1.29, 1.82) is 0 Å². The lowest BCUT2D eigenvalue weighted by Gasteiger charge is -2.14. The van der Waals surface area contributed by atoms with E-state index in [9.17, 15) is 4.79 Å². The lowest BCUT2D eigenvalue weighted by Crippen LogP contribution is -2.22. The second-order valence-corrected chi connectivity index (χ2v) is 7.25. The first-order valence-corrected chi connectivity index (χ1v) is 9.32. The Bertz CT molecular complexity index is 978. The minimum absolute atomic E-state index is 0.124. The summed E-state index contributed by atoms with van der Waals surface area (Å²) in [5.41, 5.74) is 3.12. The first-order chi connectivity index (χ1) is 13.0. The first kappa shape index (κ1) is 19.0. The molecule has 0 saturated carbocycles. The van der Waals surface area contributed by atoms with Crippen LogP contribution < -0.4 is 14.8 Å². The van der Waals surface area contributed by atoms with Crippen LogP contribution in [0.1, 0.15) is 12.6 Å². The van der Waals surface area contributed by atoms with Crippen molar-refractivity contribution in [3.8, 4) is 11.5 Å². The fourth-order valence-corrected chi connectivity index (χ4v) is 3.43. The highest BCUT2D eigenvalue weighted by atomic mass is 32.2. The van der Waals surface area contributed by atoms with Gasteiger partial charge in [0.15, 0.2) is 11.5 Å². The zero-order valence-corrected chi connectivity index (χ0v) is 16.5. The summed E-state index contributed by atoms with van der Waals surface area (Å²) >= 11 is 1.39. The molecule has 0 aliphatic carbocycles. The lowest BCUT2D eigenvalue weighted by molar-refractivity contribution is -0.115. The number of carbonyl (C=O) groups excluding carboxylic acids is 1. The molecule has 1 unspecified atom stereocenters. The van der Waals surface area contributed by atoms with Crippen LogP contribution in [0, 0.1) is 6.92 Å². The number of nitrogens with one attached hydrogen (secondary N) is 1. The fraction of sp³-hybridized carbons (Fsp3) is 0.250. The minimum atomic E-state index is -0.341. The molecule has 1 amide bonds. The van der Waals surface area contributed by atoms with Crippen LogP contribution in [-0.2, 0) is 4.79 Å². The number of para-hydroxylation sites is 2. The molecule has 0 fully saturated rings. The van der Waals surface area contributed by atoms with Crippen LogP contribution in [0.2, 0.25) is 0 Å². The van der Waals surface area contributed by atoms with Crippen molar-refractivity contribution >= 4 is 34.4 Å². The summed E-state index contributed by atoms with van der Waals surface area (Å²) in [6.07, 6.45) is 0. The number of nitrogens with zero attached hydrogens (tertiary/aromatic N) is 2. The Balaban J connectivity index is 1.73. The molecule has 1 N–H and O–H groups in total. The zero-order valence-electron chi connectivity index (χ0n) is 15.6. The van der Waals surface area contributed by atoms with E-state index < -0.39 is 0 Å². The summed E-state index contributed by atoms with van der Waals surface area (Å²) < 4.78 is 10.5. The maximum Gasteiger partial charge on any atom is 0.237 e. The van der Waals surface area contributed by atoms with Crippen molar-refractivity contribution in [2.24, 2.45) is 0 Å². The number of methoxy groups -OCH3 is 2. The van der Waals surface area contributed by atoms with Gasteiger partial charge in [0.1, 0.15) is 5.03 Å². The van der Waals surface area contributed by atoms with Crippen LogP contribution in [-0.4, -0.2) is 35.3 Å². The SMILES string of the molecule is COc1ccc(NC(=O)C(C)Sc2nc3ccccc3nc2C)cc1OC. The van der Waals surface area contributed by atoms with Gasteiger partial charge in [-0.3, -0.25) is 4.79 Å². The normalized spacial score (nSPS) is 11.9. The van der Waals surface area contributed by atoms with E-state index in [4.69, 9.17) is 9.47 Å². The van der Waals surface area contributed by atoms with Gasteiger partial charge in [0, 0.05) is 11.8 Å². The van der Waals surface area contributed by atoms with Crippen molar-refractivity contribution in [1.82, 2.24) is 9.97 Å². The number of thioether (sulfide) groups is 1. The molecule has 3 rings (SSSR count). The predicted octanol–water partition coefficient (Wildman–Crippen LogP) is 4.07. The third-order valence-corrected chi connectivity index (χ3v) is 5.19. The third-order valence-electron chi connectivity index (χ3n) is 4.01. The average Bonchev–Trinajstić information content (AvgIpc) is 2.68. The Morgan fingerprint density at radius 1 is 1.04 bits per heavy atom. The van der Waals surface area contributed by atoms with Crippen molar-refractivity contribution in [2.45, 2.75) is 24.1 Å². The largest absolute Gasteiger partial charge is 0.493 e. The Morgan fingerprint density at radius 3 is 2.37 bits per heavy atom. The molecule has 0 radical (unpaired) electrons. The number of fused-ring (bicyclic) bond motifs is 1. The molecule has 0 bridgehead atoms. The maximum absolute atomic E-state index is 12.6. The number of aryl methyl sites for hydroxylation is 1. The number of hydrogen-bond acceptors (Lipinski definition) is 6. The third kappa shape index (κ3) is 4.31. The van der Waals surface area contributed by atoms with Gasteiger partial charge in [-0.05, 0) is 38.1 Å². The van der Waals surface area contributed by atoms with E-state index in [-0.39, 0.29) is 11.2 Å². The van der Waals surface area contributed by atoms with E-state index in [0.717, 1.165) is 21.8 Å². The second-order valence-electron chi connectivity index (χ2n) is 5.92. The molecule has 0 aliphatic heterocycles. The molecular weight excluding hydrogens is 362 g/mol. The van der Waals surface area contributed by atoms with Gasteiger partial charge in [-0.2, -0.15) is 0 Å². The molecule has 3 aromatic rings. The highest BCUT2D eigenvalue weighted by Crippen LogP contribution is 2.31. The highest BCUT2D eigenvalue weighted by Gasteiger charge is 2.18. The van der Waals surface area contributed by atoms with Gasteiger partial charge >= 0.3 is 0 Å². The zero-order chi connectivity index (χ0) is 19.4. The highest BCUT2D eigenvalue weighted by molar-refractivity contribution is 8.00. The van der Waals surface area contributed by atoms with E-state index in [1.165, 1.54) is 11.8 Å². The average molecular weight is 383 g/mol. The number of amides is 1. The van der Waals surface area contributed by atoms with Gasteiger partial charge < -0.3 is 14.8 Å². The van der Waals surface area contributed by atoms with Crippen LogP contribution in [0.25, 0.3) is 11.0 Å². The van der Waals surface area contributed by atoms with Gasteiger partial charge in [-0.1, -0.05) is 23.9 Å². The summed E-state index contributed by atoms with van der Waals surface area (Å²) in [4.78, 5) is 21.8. The van der Waals surface area contributed by atoms with E-state index in [2.05, 4.69) is 15.3 Å². The molecule has 6 nitrogen and oxygen atoms in total. The number of rotatable bonds is 6. The molecular formula is C20H21N3O3S. The van der Waals surface area contributed by atoms with E-state index in [0.29, 0.717) is 17.2 Å². The van der Waals surface area contributed by atoms with E-state index >= 15 is 0 Å². The fourth-order valence-electron chi connectivity index (χ4n) is 2.56. The molecule has 0 aliphatic rings. The molecule has 27 heavy (non-hydrogen) atoms. The summed E-state index contributed by atoms with van der Waals surface area (Å²) in [6.45, 7) is 3.75. The van der Waals surface area contributed by atoms with Gasteiger partial charge in [-0.25, -0.2) is 9.97 Å². The summed E-state index contributed by atoms with van der Waals surface area (Å²) in [7, 11) is 3.13. The van der Waals surface area contributed by atoms with Crippen molar-refractivity contribution in [2.75, 3.05) is 19.5 Å². The first-order valence-electron chi connectivity index (χ1n) is 8.44. The molecule has 0 saturated heterocycles. The summed E-state index contributed by atoms with van der Waals surface area (Å²) in [5, 5.41) is 3.31. The Kier molecular flexibility index (Phi) is 5.81. The van der Waals surface area contributed by atoms with E-state index in [1.54, 1.807) is 32.4 Å². The molecule has 2 aromatic carbocycles. The lowest BCUT2D eigenvalue weighted by atomic mass is 10.2. The predicted molar refractivity (Wildman–Crippen MR) is 108 cm³/mol. The number of benzene rings is 2. The summed E-state index contributed by atoms with van der Waals surface area (Å²) in [6, 6.07) is 13.0. The van der Waals surface area contributed by atoms with Crippen LogP contribution in [0.15, 0.2) is 47.5 Å². The van der Waals surface area contributed by atoms with Crippen LogP contribution >= 0.6 is 11.8 Å². The van der Waals surface area contributed by atoms with Crippen LogP contribution in [0.3, 0.4) is 0 Å². The summed E-state index contributed by atoms with van der Waals surface area (Å²) in [5.74, 6) is 1.05. The molecule has 140 valence electrons. The quantitative estimate of drug-likeness (QED) is 0.647. The van der Waals surface area contributed by atoms with Gasteiger partial charge in [0.25, 0.3) is 0 Å². The minimum Gasteiger partial charge on any atom is -0.493 e. The monoisotopic (exact) mass is 383 g/mol. The second kappa shape index (κ2) is 8.26. The maximum atomic E-state index is 12.6. The topological polar surface area (TPSA) is 73.3 Å². The van der Waals surface area contributed by atoms with Gasteiger partial charge in [0.2, 0.25) is 5.91 Å². The van der Waals surface area contributed by atoms with Crippen molar-refractivity contribution in [3.05, 3.63) is 48.2 Å². The number of anilines is 1. The number of carbonyl (C=O) groups is 1. The molecule has 1 heterocycles. The number of ether oxygens (including phenoxy) is 2. The molecule has 0 spiro atoms. The Hall–Kier alpha value is -2.80. The van der Waals surface area contributed by atoms with Gasteiger partial charge in [0.05, 0.1) is 36.2 Å². The standard InChI is InChI=1S/C20H21N3O3S/c1-12-20(23-16-8-6-5-7-15(16)21-12)27-13(2)19(24)22-14-9-10-17(25-3)18(11-14)26-4/h5-11,13H,1-4H3,(H,22,24). The number of hydrogen-bond donors (Lipinski definition) is 1. The number of aromatic nitrogens is 2. The van der Waals surface area contributed by atoms with Gasteiger partial charge in [-0.15, -0.1) is 0 Å². The van der Waals surface area contributed by atoms with Crippen molar-refractivity contribution in [3.63, 3.8) is 0 Å². The van der Waals surface area contributed by atoms with Crippen molar-refractivity contribution < 1.29 is 14.3 Å². The molecule has 1 atom stereocenters. The molecule has 7 heteroatoms. The van der Waals surface area contributed by atoms with E-state index in [1.807, 2.05) is 38.1 Å². The Labute approximate surface area is 162 Å². The Morgan fingerprint density at radius 2 is 1.70 bits per heavy atom. The molecule has 1 aromatic heterocycles. The van der Waals surface area contributed by atoms with Crippen LogP contribution in [0.4, 0.5) is 5.69 Å².